The second-order valence-corrected chi connectivity index (χ2v) is 11.6. The van der Waals surface area contributed by atoms with Crippen LogP contribution in [0.15, 0.2) is 24.3 Å². The highest BCUT2D eigenvalue weighted by Gasteiger charge is 2.08. The molecule has 5 heteroatoms. The van der Waals surface area contributed by atoms with Crippen molar-refractivity contribution < 1.29 is 24.4 Å². The lowest BCUT2D eigenvalue weighted by Crippen LogP contribution is -2.10. The van der Waals surface area contributed by atoms with E-state index in [1.165, 1.54) is 116 Å². The molecule has 0 atom stereocenters. The number of allylic oxidation sites excluding steroid dienone is 4. The van der Waals surface area contributed by atoms with Crippen LogP contribution in [0.4, 0.5) is 0 Å². The van der Waals surface area contributed by atoms with Crippen molar-refractivity contribution in [1.82, 2.24) is 0 Å². The van der Waals surface area contributed by atoms with Gasteiger partial charge in [-0.1, -0.05) is 141 Å². The van der Waals surface area contributed by atoms with Gasteiger partial charge in [-0.25, -0.2) is 9.59 Å². The average Bonchev–Trinajstić information content (AvgIpc) is 2.97. The highest BCUT2D eigenvalue weighted by Crippen LogP contribution is 2.12. The Balaban J connectivity index is 3.35. The third-order valence-corrected chi connectivity index (χ3v) is 7.54. The van der Waals surface area contributed by atoms with Gasteiger partial charge in [-0.2, -0.15) is 0 Å². The van der Waals surface area contributed by atoms with Crippen molar-refractivity contribution in [2.75, 3.05) is 0 Å². The monoisotopic (exact) mass is 578 g/mol. The van der Waals surface area contributed by atoms with E-state index in [2.05, 4.69) is 53.0 Å². The van der Waals surface area contributed by atoms with Crippen molar-refractivity contribution in [1.29, 1.82) is 0 Å². The Morgan fingerprint density at radius 1 is 0.390 bits per heavy atom. The summed E-state index contributed by atoms with van der Waals surface area (Å²) in [5, 5.41) is 4.39. The largest absolute Gasteiger partial charge is 0.346 e. The summed E-state index contributed by atoms with van der Waals surface area (Å²) in [6.45, 7) is 4.52. The van der Waals surface area contributed by atoms with Crippen LogP contribution in [0.2, 0.25) is 0 Å². The lowest BCUT2D eigenvalue weighted by Gasteiger charge is -2.03. The number of carbonyl (C=O) groups excluding carboxylic acids is 2. The first-order valence-electron chi connectivity index (χ1n) is 17.6. The quantitative estimate of drug-likeness (QED) is 0.0344. The molecule has 0 saturated carbocycles. The molecule has 0 aliphatic heterocycles. The Labute approximate surface area is 254 Å². The lowest BCUT2D eigenvalue weighted by molar-refractivity contribution is -0.459. The van der Waals surface area contributed by atoms with Gasteiger partial charge in [0.15, 0.2) is 0 Å². The van der Waals surface area contributed by atoms with E-state index in [1.54, 1.807) is 0 Å². The fourth-order valence-corrected chi connectivity index (χ4v) is 4.86. The van der Waals surface area contributed by atoms with Crippen LogP contribution in [0.3, 0.4) is 0 Å². The number of carbonyl (C=O) groups is 2. The van der Waals surface area contributed by atoms with E-state index >= 15 is 0 Å². The zero-order valence-electron chi connectivity index (χ0n) is 27.1. The summed E-state index contributed by atoms with van der Waals surface area (Å²) in [6, 6.07) is 0. The molecule has 0 aromatic rings. The molecular formula is C36H66O5. The van der Waals surface area contributed by atoms with E-state index in [1.807, 2.05) is 0 Å². The lowest BCUT2D eigenvalue weighted by atomic mass is 10.1. The van der Waals surface area contributed by atoms with Crippen molar-refractivity contribution in [2.45, 2.75) is 194 Å². The standard InChI is InChI=1S/C36H66O5/c1-3-5-7-9-11-13-15-17-19-21-23-25-27-29-31-33-35(37)39-41-40-36(38)34-32-30-28-26-24-22-20-18-16-14-12-10-8-6-4-2/h17-20H,3-16,21-34H2,1-2H3/b19-17-,20-18-. The van der Waals surface area contributed by atoms with Gasteiger partial charge in [0.25, 0.3) is 0 Å². The molecule has 0 unspecified atom stereocenters. The predicted octanol–water partition coefficient (Wildman–Crippen LogP) is 12.0. The summed E-state index contributed by atoms with van der Waals surface area (Å²) in [5.74, 6) is -0.979. The maximum Gasteiger partial charge on any atom is 0.346 e. The molecule has 41 heavy (non-hydrogen) atoms. The first kappa shape index (κ1) is 39.4. The van der Waals surface area contributed by atoms with E-state index in [0.29, 0.717) is 0 Å². The topological polar surface area (TPSA) is 61.8 Å². The van der Waals surface area contributed by atoms with Crippen LogP contribution in [0.5, 0.6) is 0 Å². The van der Waals surface area contributed by atoms with Crippen LogP contribution in [0.1, 0.15) is 194 Å². The fourth-order valence-electron chi connectivity index (χ4n) is 4.86. The average molecular weight is 579 g/mol. The van der Waals surface area contributed by atoms with Gasteiger partial charge < -0.3 is 0 Å². The SMILES string of the molecule is CCCCCCCC/C=C\CCCCCCCC(=O)OOOC(=O)CCCCCCC/C=C\CCCCCCCC. The zero-order chi connectivity index (χ0) is 29.9. The molecule has 0 aromatic heterocycles. The number of rotatable bonds is 32. The molecule has 0 spiro atoms. The van der Waals surface area contributed by atoms with Crippen molar-refractivity contribution in [3.05, 3.63) is 24.3 Å². The molecule has 0 saturated heterocycles. The number of unbranched alkanes of at least 4 members (excludes halogenated alkanes) is 22. The van der Waals surface area contributed by atoms with Gasteiger partial charge in [-0.05, 0) is 64.2 Å². The molecule has 0 aliphatic rings. The van der Waals surface area contributed by atoms with Crippen LogP contribution in [0.25, 0.3) is 0 Å². The van der Waals surface area contributed by atoms with Gasteiger partial charge >= 0.3 is 11.9 Å². The molecule has 0 bridgehead atoms. The number of hydrogen-bond donors (Lipinski definition) is 0. The van der Waals surface area contributed by atoms with Crippen molar-refractivity contribution in [3.63, 3.8) is 0 Å². The molecular weight excluding hydrogens is 512 g/mol. The second-order valence-electron chi connectivity index (χ2n) is 11.6. The van der Waals surface area contributed by atoms with Crippen LogP contribution in [0, 0.1) is 0 Å². The van der Waals surface area contributed by atoms with Crippen molar-refractivity contribution in [3.8, 4) is 0 Å². The molecule has 5 nitrogen and oxygen atoms in total. The molecule has 0 amide bonds. The highest BCUT2D eigenvalue weighted by atomic mass is 17.5. The summed E-state index contributed by atoms with van der Waals surface area (Å²) in [4.78, 5) is 32.6. The number of hydrogen-bond acceptors (Lipinski definition) is 5. The molecule has 0 N–H and O–H groups in total. The minimum absolute atomic E-state index is 0.282. The molecule has 0 heterocycles. The van der Waals surface area contributed by atoms with E-state index in [9.17, 15) is 9.59 Å². The smallest absolute Gasteiger partial charge is 0.260 e. The van der Waals surface area contributed by atoms with Gasteiger partial charge in [0.2, 0.25) is 0 Å². The van der Waals surface area contributed by atoms with E-state index < -0.39 is 11.9 Å². The summed E-state index contributed by atoms with van der Waals surface area (Å²) < 4.78 is 0. The molecule has 0 rings (SSSR count). The summed E-state index contributed by atoms with van der Waals surface area (Å²) in [6.07, 6.45) is 41.4. The van der Waals surface area contributed by atoms with E-state index in [4.69, 9.17) is 0 Å². The molecule has 0 aromatic carbocycles. The minimum atomic E-state index is -0.489. The Morgan fingerprint density at radius 3 is 0.976 bits per heavy atom. The minimum Gasteiger partial charge on any atom is -0.260 e. The summed E-state index contributed by atoms with van der Waals surface area (Å²) in [7, 11) is 0. The van der Waals surface area contributed by atoms with Gasteiger partial charge in [-0.15, -0.1) is 0 Å². The van der Waals surface area contributed by atoms with E-state index in [0.717, 1.165) is 51.4 Å². The zero-order valence-corrected chi connectivity index (χ0v) is 27.1. The van der Waals surface area contributed by atoms with Crippen molar-refractivity contribution in [2.24, 2.45) is 0 Å². The van der Waals surface area contributed by atoms with E-state index in [-0.39, 0.29) is 12.8 Å². The Bertz CT molecular complexity index is 561. The molecule has 0 radical (unpaired) electrons. The fraction of sp³-hybridized carbons (Fsp3) is 0.833. The van der Waals surface area contributed by atoms with Crippen LogP contribution in [-0.2, 0) is 24.4 Å². The van der Waals surface area contributed by atoms with Gasteiger partial charge in [0, 0.05) is 17.9 Å². The van der Waals surface area contributed by atoms with Crippen LogP contribution < -0.4 is 0 Å². The maximum atomic E-state index is 11.7. The molecule has 0 fully saturated rings. The Kier molecular flexibility index (Phi) is 33.2. The highest BCUT2D eigenvalue weighted by molar-refractivity contribution is 5.69. The first-order valence-corrected chi connectivity index (χ1v) is 17.6. The first-order chi connectivity index (χ1) is 20.2. The summed E-state index contributed by atoms with van der Waals surface area (Å²) in [5.41, 5.74) is 0. The third-order valence-electron chi connectivity index (χ3n) is 7.54. The van der Waals surface area contributed by atoms with Gasteiger partial charge in [0.1, 0.15) is 0 Å². The van der Waals surface area contributed by atoms with Crippen LogP contribution >= 0.6 is 0 Å². The van der Waals surface area contributed by atoms with Gasteiger partial charge in [0.05, 0.1) is 0 Å². The Morgan fingerprint density at radius 2 is 0.659 bits per heavy atom. The summed E-state index contributed by atoms with van der Waals surface area (Å²) >= 11 is 0. The maximum absolute atomic E-state index is 11.7. The predicted molar refractivity (Wildman–Crippen MR) is 172 cm³/mol. The van der Waals surface area contributed by atoms with Gasteiger partial charge in [-0.3, -0.25) is 9.78 Å². The second kappa shape index (κ2) is 34.6. The van der Waals surface area contributed by atoms with Crippen molar-refractivity contribution >= 4 is 11.9 Å². The Hall–Kier alpha value is -1.62. The third kappa shape index (κ3) is 34.5. The molecule has 0 aliphatic carbocycles. The van der Waals surface area contributed by atoms with Crippen LogP contribution in [-0.4, -0.2) is 11.9 Å². The molecule has 240 valence electrons. The normalized spacial score (nSPS) is 11.6.